The lowest BCUT2D eigenvalue weighted by Gasteiger charge is -2.00. The highest BCUT2D eigenvalue weighted by Gasteiger charge is 2.08. The number of hydrogen-bond donors (Lipinski definition) is 2. The Labute approximate surface area is 64.5 Å². The van der Waals surface area contributed by atoms with Crippen LogP contribution in [-0.2, 0) is 19.4 Å². The van der Waals surface area contributed by atoms with Crippen molar-refractivity contribution in [3.05, 3.63) is 0 Å². The van der Waals surface area contributed by atoms with Gasteiger partial charge in [0.05, 0.1) is 6.54 Å². The summed E-state index contributed by atoms with van der Waals surface area (Å²) >= 11 is 0. The van der Waals surface area contributed by atoms with Gasteiger partial charge in [-0.2, -0.15) is 4.21 Å². The van der Waals surface area contributed by atoms with E-state index in [1.807, 2.05) is 19.0 Å². The largest absolute Gasteiger partial charge is 0.430 e. The fourth-order valence-electron chi connectivity index (χ4n) is 0.328. The molecule has 62 valence electrons. The Morgan fingerprint density at radius 2 is 2.00 bits per heavy atom. The fourth-order valence-corrected chi connectivity index (χ4v) is 1.86. The minimum absolute atomic E-state index is 0.457. The molecule has 0 aromatic heterocycles. The summed E-state index contributed by atoms with van der Waals surface area (Å²) in [7, 11) is 0.796. The summed E-state index contributed by atoms with van der Waals surface area (Å²) in [6.45, 7) is 0.683. The van der Waals surface area contributed by atoms with Crippen LogP contribution in [0.15, 0.2) is 0 Å². The maximum Gasteiger partial charge on any atom is 0.430 e. The van der Waals surface area contributed by atoms with Crippen LogP contribution >= 0.6 is 0 Å². The zero-order valence-electron chi connectivity index (χ0n) is 5.98. The molecule has 0 unspecified atom stereocenters. The highest BCUT2D eigenvalue weighted by molar-refractivity contribution is 8.34. The van der Waals surface area contributed by atoms with E-state index in [-0.39, 0.29) is 0 Å². The Morgan fingerprint density at radius 1 is 1.50 bits per heavy atom. The first kappa shape index (κ1) is 10.2. The van der Waals surface area contributed by atoms with E-state index in [4.69, 9.17) is 9.11 Å². The molecule has 0 spiro atoms. The summed E-state index contributed by atoms with van der Waals surface area (Å²) in [5, 5.41) is 0. The first-order chi connectivity index (χ1) is 4.42. The molecule has 0 bridgehead atoms. The van der Waals surface area contributed by atoms with Crippen LogP contribution in [0.25, 0.3) is 0 Å². The maximum atomic E-state index is 10.2. The maximum absolute atomic E-state index is 10.2. The van der Waals surface area contributed by atoms with Gasteiger partial charge in [-0.1, -0.05) is 0 Å². The van der Waals surface area contributed by atoms with E-state index >= 15 is 0 Å². The van der Waals surface area contributed by atoms with Gasteiger partial charge in [0, 0.05) is 0 Å². The molecule has 0 atom stereocenters. The molecule has 10 heavy (non-hydrogen) atoms. The van der Waals surface area contributed by atoms with Gasteiger partial charge in [0.15, 0.2) is 0 Å². The van der Waals surface area contributed by atoms with Crippen LogP contribution < -0.4 is 0 Å². The molecule has 0 aromatic rings. The lowest BCUT2D eigenvalue weighted by atomic mass is 10.7. The van der Waals surface area contributed by atoms with Crippen LogP contribution in [-0.4, -0.2) is 44.6 Å². The van der Waals surface area contributed by atoms with E-state index < -0.39 is 9.05 Å². The van der Waals surface area contributed by atoms with Crippen molar-refractivity contribution >= 4 is 19.4 Å². The van der Waals surface area contributed by atoms with Gasteiger partial charge in [0.1, 0.15) is 0 Å². The molecular formula is C4H12NO3S2+. The Bertz CT molecular complexity index is 187. The molecule has 0 aliphatic heterocycles. The Morgan fingerprint density at radius 3 is 2.30 bits per heavy atom. The van der Waals surface area contributed by atoms with Crippen molar-refractivity contribution in [2.75, 3.05) is 26.4 Å². The van der Waals surface area contributed by atoms with Gasteiger partial charge in [0.25, 0.3) is 10.3 Å². The number of hydrogen-bond acceptors (Lipinski definition) is 2. The molecule has 0 heterocycles. The van der Waals surface area contributed by atoms with Gasteiger partial charge in [-0.3, -0.25) is 9.11 Å². The van der Waals surface area contributed by atoms with Crippen molar-refractivity contribution in [1.82, 2.24) is 4.90 Å². The molecule has 0 aliphatic rings. The first-order valence-electron chi connectivity index (χ1n) is 2.70. The summed E-state index contributed by atoms with van der Waals surface area (Å²) in [6.07, 6.45) is 0. The van der Waals surface area contributed by atoms with Crippen molar-refractivity contribution in [3.63, 3.8) is 0 Å². The monoisotopic (exact) mass is 186 g/mol. The van der Waals surface area contributed by atoms with Gasteiger partial charge in [-0.05, 0) is 14.1 Å². The van der Waals surface area contributed by atoms with Crippen LogP contribution in [0, 0.1) is 0 Å². The zero-order chi connectivity index (χ0) is 8.20. The van der Waals surface area contributed by atoms with Crippen molar-refractivity contribution < 1.29 is 13.3 Å². The smallest absolute Gasteiger partial charge is 0.304 e. The summed E-state index contributed by atoms with van der Waals surface area (Å²) in [5.41, 5.74) is 0. The van der Waals surface area contributed by atoms with Crippen molar-refractivity contribution in [2.45, 2.75) is 0 Å². The molecule has 0 saturated heterocycles. The van der Waals surface area contributed by atoms with Crippen LogP contribution in [0.4, 0.5) is 0 Å². The summed E-state index contributed by atoms with van der Waals surface area (Å²) < 4.78 is 26.9. The predicted octanol–water partition coefficient (Wildman–Crippen LogP) is -0.224. The minimum Gasteiger partial charge on any atom is -0.304 e. The van der Waals surface area contributed by atoms with E-state index in [9.17, 15) is 4.21 Å². The Kier molecular flexibility index (Phi) is 4.30. The molecule has 0 rings (SSSR count). The van der Waals surface area contributed by atoms with Crippen LogP contribution in [0.2, 0.25) is 0 Å². The average molecular weight is 186 g/mol. The predicted molar refractivity (Wildman–Crippen MR) is 44.2 cm³/mol. The molecule has 6 heteroatoms. The second-order valence-corrected chi connectivity index (χ2v) is 5.62. The van der Waals surface area contributed by atoms with Crippen molar-refractivity contribution in [3.8, 4) is 0 Å². The normalized spacial score (nSPS) is 12.1. The van der Waals surface area contributed by atoms with E-state index in [0.717, 1.165) is 0 Å². The van der Waals surface area contributed by atoms with Gasteiger partial charge in [-0.25, -0.2) is 0 Å². The van der Waals surface area contributed by atoms with Gasteiger partial charge in [0.2, 0.25) is 5.75 Å². The third-order valence-corrected chi connectivity index (χ3v) is 2.85. The van der Waals surface area contributed by atoms with Crippen LogP contribution in [0.3, 0.4) is 0 Å². The molecule has 0 amide bonds. The Hall–Kier alpha value is 0.250. The van der Waals surface area contributed by atoms with E-state index in [2.05, 4.69) is 0 Å². The highest BCUT2D eigenvalue weighted by atomic mass is 32.9. The second kappa shape index (κ2) is 4.20. The van der Waals surface area contributed by atoms with Gasteiger partial charge < -0.3 is 4.90 Å². The standard InChI is InChI=1S/C4H11NO3S2/c1-5(2)3-4-9-10(6,7)8/h3-4H2,1-2H3,(H-,6,7,8)/p+1. The highest BCUT2D eigenvalue weighted by Crippen LogP contribution is 1.79. The third kappa shape index (κ3) is 8.25. The SMILES string of the molecule is CN(C)CC[S+]=S(=O)(O)O. The zero-order valence-corrected chi connectivity index (χ0v) is 7.61. The molecule has 0 saturated carbocycles. The molecule has 0 aliphatic carbocycles. The lowest BCUT2D eigenvalue weighted by molar-refractivity contribution is 0.436. The summed E-state index contributed by atoms with van der Waals surface area (Å²) in [5.74, 6) is 0.457. The third-order valence-electron chi connectivity index (χ3n) is 0.775. The molecule has 0 aromatic carbocycles. The fraction of sp³-hybridized carbons (Fsp3) is 1.00. The lowest BCUT2D eigenvalue weighted by Crippen LogP contribution is -2.17. The quantitative estimate of drug-likeness (QED) is 0.598. The summed E-state index contributed by atoms with van der Waals surface area (Å²) in [6, 6.07) is 0. The molecule has 0 radical (unpaired) electrons. The van der Waals surface area contributed by atoms with E-state index in [1.165, 1.54) is 0 Å². The number of nitrogens with zero attached hydrogens (tertiary/aromatic N) is 1. The summed E-state index contributed by atoms with van der Waals surface area (Å²) in [4.78, 5) is 1.87. The van der Waals surface area contributed by atoms with E-state index in [1.54, 1.807) is 0 Å². The van der Waals surface area contributed by atoms with Gasteiger partial charge >= 0.3 is 9.05 Å². The average Bonchev–Trinajstić information content (AvgIpc) is 1.59. The second-order valence-electron chi connectivity index (χ2n) is 2.07. The van der Waals surface area contributed by atoms with E-state index in [0.29, 0.717) is 22.6 Å². The molecule has 2 N–H and O–H groups in total. The number of rotatable bonds is 3. The topological polar surface area (TPSA) is 60.8 Å². The minimum atomic E-state index is -3.58. The van der Waals surface area contributed by atoms with Crippen molar-refractivity contribution in [2.24, 2.45) is 0 Å². The van der Waals surface area contributed by atoms with Crippen LogP contribution in [0.5, 0.6) is 0 Å². The first-order valence-corrected chi connectivity index (χ1v) is 5.67. The van der Waals surface area contributed by atoms with Gasteiger partial charge in [-0.15, -0.1) is 0 Å². The Balaban J connectivity index is 3.66. The molecule has 4 nitrogen and oxygen atoms in total. The molecular weight excluding hydrogens is 174 g/mol. The van der Waals surface area contributed by atoms with Crippen molar-refractivity contribution in [1.29, 1.82) is 0 Å². The molecule has 0 fully saturated rings. The van der Waals surface area contributed by atoms with Crippen LogP contribution in [0.1, 0.15) is 0 Å².